The van der Waals surface area contributed by atoms with Gasteiger partial charge in [-0.3, -0.25) is 4.79 Å². The van der Waals surface area contributed by atoms with Crippen molar-refractivity contribution in [3.8, 4) is 0 Å². The average Bonchev–Trinajstić information content (AvgIpc) is 3.13. The van der Waals surface area contributed by atoms with E-state index in [4.69, 9.17) is 0 Å². The Labute approximate surface area is 152 Å². The zero-order chi connectivity index (χ0) is 18.7. The van der Waals surface area contributed by atoms with Gasteiger partial charge in [-0.25, -0.2) is 12.8 Å². The molecule has 1 fully saturated rings. The van der Waals surface area contributed by atoms with Crippen LogP contribution in [0.3, 0.4) is 0 Å². The van der Waals surface area contributed by atoms with Gasteiger partial charge in [-0.1, -0.05) is 19.1 Å². The lowest BCUT2D eigenvalue weighted by Gasteiger charge is -2.24. The highest BCUT2D eigenvalue weighted by Crippen LogP contribution is 2.36. The summed E-state index contributed by atoms with van der Waals surface area (Å²) < 4.78 is 40.7. The molecule has 0 saturated carbocycles. The molecular formula is C19H21FN2O3S. The molecule has 2 aromatic carbocycles. The van der Waals surface area contributed by atoms with Crippen LogP contribution in [0.4, 0.5) is 10.1 Å². The highest BCUT2D eigenvalue weighted by Gasteiger charge is 2.36. The molecule has 0 spiro atoms. The summed E-state index contributed by atoms with van der Waals surface area (Å²) in [7, 11) is -3.67. The lowest BCUT2D eigenvalue weighted by atomic mass is 10.1. The van der Waals surface area contributed by atoms with Gasteiger partial charge in [0.15, 0.2) is 0 Å². The van der Waals surface area contributed by atoms with Crippen molar-refractivity contribution < 1.29 is 17.6 Å². The number of sulfonamides is 1. The second-order valence-electron chi connectivity index (χ2n) is 6.25. The fourth-order valence-electron chi connectivity index (χ4n) is 3.14. The van der Waals surface area contributed by atoms with Crippen molar-refractivity contribution in [2.75, 3.05) is 11.9 Å². The second-order valence-corrected chi connectivity index (χ2v) is 8.14. The van der Waals surface area contributed by atoms with Gasteiger partial charge in [0.2, 0.25) is 15.9 Å². The number of nitrogens with one attached hydrogen (secondary N) is 1. The van der Waals surface area contributed by atoms with Gasteiger partial charge >= 0.3 is 0 Å². The summed E-state index contributed by atoms with van der Waals surface area (Å²) in [6, 6.07) is 11.9. The van der Waals surface area contributed by atoms with Crippen LogP contribution in [0.15, 0.2) is 53.4 Å². The van der Waals surface area contributed by atoms with E-state index in [2.05, 4.69) is 5.32 Å². The van der Waals surface area contributed by atoms with E-state index in [9.17, 15) is 17.6 Å². The third kappa shape index (κ3) is 3.78. The molecule has 1 aliphatic heterocycles. The van der Waals surface area contributed by atoms with Crippen LogP contribution in [0, 0.1) is 5.82 Å². The van der Waals surface area contributed by atoms with E-state index in [0.29, 0.717) is 25.1 Å². The van der Waals surface area contributed by atoms with Crippen molar-refractivity contribution in [1.29, 1.82) is 0 Å². The minimum atomic E-state index is -3.67. The number of benzene rings is 2. The van der Waals surface area contributed by atoms with Crippen molar-refractivity contribution in [2.45, 2.75) is 37.1 Å². The van der Waals surface area contributed by atoms with Crippen LogP contribution >= 0.6 is 0 Å². The van der Waals surface area contributed by atoms with E-state index >= 15 is 0 Å². The van der Waals surface area contributed by atoms with Gasteiger partial charge in [0.25, 0.3) is 0 Å². The molecule has 7 heteroatoms. The highest BCUT2D eigenvalue weighted by molar-refractivity contribution is 7.89. The summed E-state index contributed by atoms with van der Waals surface area (Å²) in [5.74, 6) is -0.470. The summed E-state index contributed by atoms with van der Waals surface area (Å²) >= 11 is 0. The first-order valence-corrected chi connectivity index (χ1v) is 10.0. The van der Waals surface area contributed by atoms with Crippen molar-refractivity contribution >= 4 is 21.6 Å². The number of nitrogens with zero attached hydrogens (tertiary/aromatic N) is 1. The molecule has 0 bridgehead atoms. The molecular weight excluding hydrogens is 355 g/mol. The zero-order valence-electron chi connectivity index (χ0n) is 14.5. The maximum atomic E-state index is 13.2. The van der Waals surface area contributed by atoms with Crippen LogP contribution in [-0.4, -0.2) is 25.2 Å². The molecule has 1 aliphatic rings. The largest absolute Gasteiger partial charge is 0.326 e. The summed E-state index contributed by atoms with van der Waals surface area (Å²) in [5.41, 5.74) is 1.35. The van der Waals surface area contributed by atoms with E-state index < -0.39 is 10.0 Å². The van der Waals surface area contributed by atoms with Crippen molar-refractivity contribution in [3.63, 3.8) is 0 Å². The van der Waals surface area contributed by atoms with Gasteiger partial charge in [0.1, 0.15) is 5.82 Å². The Morgan fingerprint density at radius 2 is 1.81 bits per heavy atom. The Balaban J connectivity index is 1.84. The predicted octanol–water partition coefficient (Wildman–Crippen LogP) is 3.70. The Morgan fingerprint density at radius 3 is 2.42 bits per heavy atom. The van der Waals surface area contributed by atoms with Gasteiger partial charge in [-0.05, 0) is 54.8 Å². The van der Waals surface area contributed by atoms with Gasteiger partial charge in [0, 0.05) is 18.7 Å². The Bertz CT molecular complexity index is 880. The molecule has 2 aromatic rings. The number of rotatable bonds is 5. The van der Waals surface area contributed by atoms with E-state index in [1.807, 2.05) is 0 Å². The standard InChI is InChI=1S/C19H21FN2O3S/c1-2-19(23)21-16-9-11-17(12-10-16)26(24,25)22-13-3-4-18(22)14-5-7-15(20)8-6-14/h5-12,18H,2-4,13H2,1H3,(H,21,23)/t18-/m0/s1. The van der Waals surface area contributed by atoms with Crippen molar-refractivity contribution in [2.24, 2.45) is 0 Å². The average molecular weight is 376 g/mol. The molecule has 1 heterocycles. The van der Waals surface area contributed by atoms with E-state index in [1.165, 1.54) is 28.6 Å². The quantitative estimate of drug-likeness (QED) is 0.865. The zero-order valence-corrected chi connectivity index (χ0v) is 15.3. The molecule has 0 aliphatic carbocycles. The van der Waals surface area contributed by atoms with E-state index in [0.717, 1.165) is 12.0 Å². The van der Waals surface area contributed by atoms with Gasteiger partial charge in [0.05, 0.1) is 10.9 Å². The predicted molar refractivity (Wildman–Crippen MR) is 97.6 cm³/mol. The van der Waals surface area contributed by atoms with Crippen LogP contribution in [0.5, 0.6) is 0 Å². The molecule has 1 N–H and O–H groups in total. The molecule has 0 unspecified atom stereocenters. The first-order valence-electron chi connectivity index (χ1n) is 8.59. The molecule has 1 atom stereocenters. The fourth-order valence-corrected chi connectivity index (χ4v) is 4.82. The molecule has 0 radical (unpaired) electrons. The third-order valence-corrected chi connectivity index (χ3v) is 6.45. The summed E-state index contributed by atoms with van der Waals surface area (Å²) in [5, 5.41) is 2.70. The first kappa shape index (κ1) is 18.5. The number of halogens is 1. The summed E-state index contributed by atoms with van der Waals surface area (Å²) in [4.78, 5) is 11.6. The molecule has 1 saturated heterocycles. The summed E-state index contributed by atoms with van der Waals surface area (Å²) in [6.07, 6.45) is 1.81. The number of carbonyl (C=O) groups excluding carboxylic acids is 1. The van der Waals surface area contributed by atoms with Crippen molar-refractivity contribution in [3.05, 3.63) is 59.9 Å². The maximum Gasteiger partial charge on any atom is 0.243 e. The van der Waals surface area contributed by atoms with Crippen LogP contribution in [-0.2, 0) is 14.8 Å². The molecule has 3 rings (SSSR count). The van der Waals surface area contributed by atoms with E-state index in [-0.39, 0.29) is 22.7 Å². The minimum Gasteiger partial charge on any atom is -0.326 e. The SMILES string of the molecule is CCC(=O)Nc1ccc(S(=O)(=O)N2CCC[C@H]2c2ccc(F)cc2)cc1. The number of amides is 1. The Kier molecular flexibility index (Phi) is 5.38. The first-order chi connectivity index (χ1) is 12.4. The van der Waals surface area contributed by atoms with Crippen LogP contribution < -0.4 is 5.32 Å². The highest BCUT2D eigenvalue weighted by atomic mass is 32.2. The Hall–Kier alpha value is -2.25. The number of carbonyl (C=O) groups is 1. The molecule has 0 aromatic heterocycles. The molecule has 138 valence electrons. The van der Waals surface area contributed by atoms with Crippen LogP contribution in [0.2, 0.25) is 0 Å². The lowest BCUT2D eigenvalue weighted by molar-refractivity contribution is -0.115. The topological polar surface area (TPSA) is 66.5 Å². The Morgan fingerprint density at radius 1 is 1.15 bits per heavy atom. The molecule has 1 amide bonds. The van der Waals surface area contributed by atoms with Crippen LogP contribution in [0.25, 0.3) is 0 Å². The van der Waals surface area contributed by atoms with E-state index in [1.54, 1.807) is 31.2 Å². The van der Waals surface area contributed by atoms with Gasteiger partial charge < -0.3 is 5.32 Å². The normalized spacial score (nSPS) is 18.0. The number of hydrogen-bond acceptors (Lipinski definition) is 3. The maximum absolute atomic E-state index is 13.2. The van der Waals surface area contributed by atoms with Crippen LogP contribution in [0.1, 0.15) is 37.8 Å². The number of hydrogen-bond donors (Lipinski definition) is 1. The fraction of sp³-hybridized carbons (Fsp3) is 0.316. The van der Waals surface area contributed by atoms with Crippen molar-refractivity contribution in [1.82, 2.24) is 4.31 Å². The summed E-state index contributed by atoms with van der Waals surface area (Å²) in [6.45, 7) is 2.18. The molecule has 5 nitrogen and oxygen atoms in total. The minimum absolute atomic E-state index is 0.128. The smallest absolute Gasteiger partial charge is 0.243 e. The van der Waals surface area contributed by atoms with Gasteiger partial charge in [-0.2, -0.15) is 4.31 Å². The monoisotopic (exact) mass is 376 g/mol. The third-order valence-electron chi connectivity index (χ3n) is 4.52. The van der Waals surface area contributed by atoms with Gasteiger partial charge in [-0.15, -0.1) is 0 Å². The molecule has 26 heavy (non-hydrogen) atoms. The lowest BCUT2D eigenvalue weighted by Crippen LogP contribution is -2.30. The number of anilines is 1. The second kappa shape index (κ2) is 7.55.